The SMILES string of the molecule is O=[N+]([O-])c1ccc(S(=O)(=O)N2C[C@H]2c2ccc(Br)cc2)cc1. The Hall–Kier alpha value is -1.77. The predicted octanol–water partition coefficient (Wildman–Crippen LogP) is 3.10. The minimum atomic E-state index is -3.62. The molecular formula is C14H11BrN2O4S. The van der Waals surface area contributed by atoms with Crippen LogP contribution in [-0.2, 0) is 10.0 Å². The average molecular weight is 383 g/mol. The highest BCUT2D eigenvalue weighted by Gasteiger charge is 2.45. The molecule has 1 heterocycles. The van der Waals surface area contributed by atoms with Crippen molar-refractivity contribution in [3.63, 3.8) is 0 Å². The lowest BCUT2D eigenvalue weighted by molar-refractivity contribution is -0.384. The fourth-order valence-electron chi connectivity index (χ4n) is 2.22. The molecule has 0 spiro atoms. The molecule has 1 saturated heterocycles. The Balaban J connectivity index is 1.82. The molecule has 0 aromatic heterocycles. The maximum Gasteiger partial charge on any atom is 0.269 e. The van der Waals surface area contributed by atoms with Crippen molar-refractivity contribution in [1.82, 2.24) is 4.31 Å². The first-order valence-corrected chi connectivity index (χ1v) is 8.64. The standard InChI is InChI=1S/C14H11BrN2O4S/c15-11-3-1-10(2-4-11)14-9-16(14)22(20,21)13-7-5-12(6-8-13)17(18)19/h1-8,14H,9H2/t14-,16?/m0/s1. The zero-order chi connectivity index (χ0) is 15.9. The fraction of sp³-hybridized carbons (Fsp3) is 0.143. The number of non-ortho nitro benzene ring substituents is 1. The number of hydrogen-bond acceptors (Lipinski definition) is 4. The Kier molecular flexibility index (Phi) is 3.75. The molecule has 6 nitrogen and oxygen atoms in total. The van der Waals surface area contributed by atoms with Crippen molar-refractivity contribution in [3.05, 3.63) is 68.7 Å². The molecule has 0 aliphatic carbocycles. The molecule has 2 atom stereocenters. The largest absolute Gasteiger partial charge is 0.269 e. The number of nitro groups is 1. The second kappa shape index (κ2) is 5.45. The third kappa shape index (κ3) is 2.77. The molecule has 8 heteroatoms. The van der Waals surface area contributed by atoms with Gasteiger partial charge in [0, 0.05) is 23.2 Å². The van der Waals surface area contributed by atoms with Gasteiger partial charge in [-0.05, 0) is 29.8 Å². The first kappa shape index (κ1) is 15.1. The van der Waals surface area contributed by atoms with E-state index in [0.717, 1.165) is 10.0 Å². The summed E-state index contributed by atoms with van der Waals surface area (Å²) in [5.41, 5.74) is 0.794. The Labute approximate surface area is 135 Å². The van der Waals surface area contributed by atoms with Gasteiger partial charge in [0.2, 0.25) is 10.0 Å². The molecule has 22 heavy (non-hydrogen) atoms. The van der Waals surface area contributed by atoms with Crippen molar-refractivity contribution in [1.29, 1.82) is 0 Å². The van der Waals surface area contributed by atoms with E-state index >= 15 is 0 Å². The Morgan fingerprint density at radius 1 is 1.09 bits per heavy atom. The highest BCUT2D eigenvalue weighted by Crippen LogP contribution is 2.40. The zero-order valence-corrected chi connectivity index (χ0v) is 13.6. The lowest BCUT2D eigenvalue weighted by Gasteiger charge is -2.06. The van der Waals surface area contributed by atoms with Crippen molar-refractivity contribution >= 4 is 31.6 Å². The Morgan fingerprint density at radius 2 is 1.68 bits per heavy atom. The van der Waals surface area contributed by atoms with Crippen molar-refractivity contribution in [2.45, 2.75) is 10.9 Å². The molecule has 0 radical (unpaired) electrons. The van der Waals surface area contributed by atoms with Crippen LogP contribution in [0.5, 0.6) is 0 Å². The minimum Gasteiger partial charge on any atom is -0.258 e. The summed E-state index contributed by atoms with van der Waals surface area (Å²) in [4.78, 5) is 10.1. The van der Waals surface area contributed by atoms with Gasteiger partial charge in [-0.2, -0.15) is 4.31 Å². The summed E-state index contributed by atoms with van der Waals surface area (Å²) in [6.07, 6.45) is 0. The van der Waals surface area contributed by atoms with Crippen LogP contribution in [0.4, 0.5) is 5.69 Å². The summed E-state index contributed by atoms with van der Waals surface area (Å²) in [6, 6.07) is 12.2. The van der Waals surface area contributed by atoms with E-state index < -0.39 is 14.9 Å². The number of nitro benzene ring substituents is 1. The van der Waals surface area contributed by atoms with Gasteiger partial charge in [-0.1, -0.05) is 28.1 Å². The molecule has 1 unspecified atom stereocenters. The van der Waals surface area contributed by atoms with E-state index in [4.69, 9.17) is 0 Å². The normalized spacial score (nSPS) is 20.6. The van der Waals surface area contributed by atoms with Crippen LogP contribution in [0.2, 0.25) is 0 Å². The van der Waals surface area contributed by atoms with Crippen LogP contribution >= 0.6 is 15.9 Å². The van der Waals surface area contributed by atoms with Gasteiger partial charge in [0.15, 0.2) is 0 Å². The molecule has 2 aromatic rings. The van der Waals surface area contributed by atoms with Gasteiger partial charge in [0.25, 0.3) is 5.69 Å². The van der Waals surface area contributed by atoms with Crippen LogP contribution in [0.3, 0.4) is 0 Å². The summed E-state index contributed by atoms with van der Waals surface area (Å²) < 4.78 is 27.3. The van der Waals surface area contributed by atoms with Crippen LogP contribution < -0.4 is 0 Å². The van der Waals surface area contributed by atoms with Crippen molar-refractivity contribution in [2.75, 3.05) is 6.54 Å². The number of sulfonamides is 1. The summed E-state index contributed by atoms with van der Waals surface area (Å²) in [5.74, 6) is 0. The maximum atomic E-state index is 12.5. The van der Waals surface area contributed by atoms with Crippen LogP contribution in [0, 0.1) is 10.1 Å². The van der Waals surface area contributed by atoms with Gasteiger partial charge in [0.1, 0.15) is 0 Å². The smallest absolute Gasteiger partial charge is 0.258 e. The van der Waals surface area contributed by atoms with E-state index in [0.29, 0.717) is 6.54 Å². The van der Waals surface area contributed by atoms with Gasteiger partial charge in [-0.3, -0.25) is 10.1 Å². The third-order valence-electron chi connectivity index (χ3n) is 3.48. The van der Waals surface area contributed by atoms with Crippen molar-refractivity contribution in [2.24, 2.45) is 0 Å². The highest BCUT2D eigenvalue weighted by atomic mass is 79.9. The molecule has 0 saturated carbocycles. The lowest BCUT2D eigenvalue weighted by atomic mass is 10.2. The van der Waals surface area contributed by atoms with Crippen molar-refractivity contribution in [3.8, 4) is 0 Å². The fourth-order valence-corrected chi connectivity index (χ4v) is 4.03. The van der Waals surface area contributed by atoms with E-state index in [9.17, 15) is 18.5 Å². The van der Waals surface area contributed by atoms with Crippen LogP contribution in [0.15, 0.2) is 57.9 Å². The number of hydrogen-bond donors (Lipinski definition) is 0. The molecule has 1 fully saturated rings. The van der Waals surface area contributed by atoms with E-state index in [2.05, 4.69) is 15.9 Å². The highest BCUT2D eigenvalue weighted by molar-refractivity contribution is 9.10. The molecule has 0 N–H and O–H groups in total. The molecular weight excluding hydrogens is 372 g/mol. The van der Waals surface area contributed by atoms with Crippen LogP contribution in [-0.4, -0.2) is 24.2 Å². The van der Waals surface area contributed by atoms with Gasteiger partial charge in [0.05, 0.1) is 15.9 Å². The maximum absolute atomic E-state index is 12.5. The molecule has 0 amide bonds. The van der Waals surface area contributed by atoms with Gasteiger partial charge >= 0.3 is 0 Å². The van der Waals surface area contributed by atoms with E-state index in [-0.39, 0.29) is 16.6 Å². The molecule has 0 bridgehead atoms. The molecule has 1 aliphatic rings. The summed E-state index contributed by atoms with van der Waals surface area (Å²) in [7, 11) is -3.62. The lowest BCUT2D eigenvalue weighted by Crippen LogP contribution is -2.12. The monoisotopic (exact) mass is 382 g/mol. The quantitative estimate of drug-likeness (QED) is 0.462. The first-order chi connectivity index (χ1) is 10.4. The second-order valence-electron chi connectivity index (χ2n) is 4.89. The third-order valence-corrected chi connectivity index (χ3v) is 5.89. The van der Waals surface area contributed by atoms with Crippen LogP contribution in [0.25, 0.3) is 0 Å². The first-order valence-electron chi connectivity index (χ1n) is 6.41. The number of benzene rings is 2. The van der Waals surface area contributed by atoms with Gasteiger partial charge < -0.3 is 0 Å². The van der Waals surface area contributed by atoms with E-state index in [1.165, 1.54) is 28.6 Å². The van der Waals surface area contributed by atoms with E-state index in [1.54, 1.807) is 0 Å². The van der Waals surface area contributed by atoms with Crippen LogP contribution in [0.1, 0.15) is 11.6 Å². The summed E-state index contributed by atoms with van der Waals surface area (Å²) in [5, 5.41) is 10.6. The second-order valence-corrected chi connectivity index (χ2v) is 7.70. The molecule has 114 valence electrons. The van der Waals surface area contributed by atoms with Gasteiger partial charge in [-0.15, -0.1) is 0 Å². The van der Waals surface area contributed by atoms with Gasteiger partial charge in [-0.25, -0.2) is 8.42 Å². The predicted molar refractivity (Wildman–Crippen MR) is 83.9 cm³/mol. The van der Waals surface area contributed by atoms with E-state index in [1.807, 2.05) is 24.3 Å². The molecule has 2 aromatic carbocycles. The number of nitrogens with zero attached hydrogens (tertiary/aromatic N) is 2. The Morgan fingerprint density at radius 3 is 2.23 bits per heavy atom. The van der Waals surface area contributed by atoms with Crippen molar-refractivity contribution < 1.29 is 13.3 Å². The summed E-state index contributed by atoms with van der Waals surface area (Å²) >= 11 is 3.34. The molecule has 3 rings (SSSR count). The Bertz CT molecular complexity index is 819. The topological polar surface area (TPSA) is 80.3 Å². The number of halogens is 1. The minimum absolute atomic E-state index is 0.0673. The molecule has 1 aliphatic heterocycles. The zero-order valence-electron chi connectivity index (χ0n) is 11.2. The summed E-state index contributed by atoms with van der Waals surface area (Å²) in [6.45, 7) is 0.418. The average Bonchev–Trinajstić information content (AvgIpc) is 3.29. The number of rotatable bonds is 4.